The Morgan fingerprint density at radius 2 is 2.16 bits per heavy atom. The molecule has 2 unspecified atom stereocenters. The van der Waals surface area contributed by atoms with Gasteiger partial charge in [0.15, 0.2) is 0 Å². The van der Waals surface area contributed by atoms with E-state index in [1.165, 1.54) is 0 Å². The maximum Gasteiger partial charge on any atom is 0.326 e. The molecule has 2 rings (SSSR count). The maximum absolute atomic E-state index is 12.4. The number of H-pyrrole nitrogens is 2. The van der Waals surface area contributed by atoms with Crippen molar-refractivity contribution in [1.29, 1.82) is 0 Å². The normalized spacial score (nSPS) is 21.2. The highest BCUT2D eigenvalue weighted by atomic mass is 16.2. The van der Waals surface area contributed by atoms with Crippen LogP contribution in [0.15, 0.2) is 15.7 Å². The summed E-state index contributed by atoms with van der Waals surface area (Å²) in [6.45, 7) is 2.46. The molecule has 1 aromatic rings. The lowest BCUT2D eigenvalue weighted by atomic mass is 9.96. The summed E-state index contributed by atoms with van der Waals surface area (Å²) in [7, 11) is 0. The molecule has 7 nitrogen and oxygen atoms in total. The van der Waals surface area contributed by atoms with E-state index < -0.39 is 11.2 Å². The fourth-order valence-electron chi connectivity index (χ4n) is 2.49. The Balaban J connectivity index is 2.31. The minimum atomic E-state index is -0.676. The Morgan fingerprint density at radius 1 is 1.42 bits per heavy atom. The Bertz CT molecular complexity index is 547. The summed E-state index contributed by atoms with van der Waals surface area (Å²) in [4.78, 5) is 40.9. The predicted octanol–water partition coefficient (Wildman–Crippen LogP) is -0.595. The van der Waals surface area contributed by atoms with Gasteiger partial charge in [-0.25, -0.2) is 4.79 Å². The Hall–Kier alpha value is -1.89. The third kappa shape index (κ3) is 2.93. The SMILES string of the molecule is CC(N)C1CCCCN1C(=O)c1cc(=O)[nH]c(=O)[nH]1. The first-order chi connectivity index (χ1) is 8.99. The second-order valence-electron chi connectivity index (χ2n) is 4.92. The molecule has 0 aliphatic carbocycles. The number of hydrogen-bond donors (Lipinski definition) is 3. The second-order valence-corrected chi connectivity index (χ2v) is 4.92. The third-order valence-electron chi connectivity index (χ3n) is 3.41. The number of aromatic nitrogens is 2. The first kappa shape index (κ1) is 13.5. The van der Waals surface area contributed by atoms with Crippen molar-refractivity contribution in [2.45, 2.75) is 38.3 Å². The summed E-state index contributed by atoms with van der Waals surface area (Å²) in [5.74, 6) is -0.342. The highest BCUT2D eigenvalue weighted by Gasteiger charge is 2.30. The summed E-state index contributed by atoms with van der Waals surface area (Å²) in [5, 5.41) is 0. The molecular formula is C12H18N4O3. The standard InChI is InChI=1S/C12H18N4O3/c1-7(13)9-4-2-3-5-16(9)11(18)8-6-10(17)15-12(19)14-8/h6-7,9H,2-5,13H2,1H3,(H2,14,15,17,19). The van der Waals surface area contributed by atoms with Crippen molar-refractivity contribution in [3.8, 4) is 0 Å². The summed E-state index contributed by atoms with van der Waals surface area (Å²) in [5.41, 5.74) is 4.66. The highest BCUT2D eigenvalue weighted by Crippen LogP contribution is 2.20. The van der Waals surface area contributed by atoms with Gasteiger partial charge in [-0.15, -0.1) is 0 Å². The quantitative estimate of drug-likeness (QED) is 0.663. The van der Waals surface area contributed by atoms with Crippen LogP contribution in [0.2, 0.25) is 0 Å². The van der Waals surface area contributed by atoms with Gasteiger partial charge in [0.25, 0.3) is 11.5 Å². The zero-order chi connectivity index (χ0) is 14.0. The fourth-order valence-corrected chi connectivity index (χ4v) is 2.49. The van der Waals surface area contributed by atoms with Gasteiger partial charge in [0.2, 0.25) is 0 Å². The highest BCUT2D eigenvalue weighted by molar-refractivity contribution is 5.92. The molecule has 1 saturated heterocycles. The lowest BCUT2D eigenvalue weighted by Crippen LogP contribution is -2.52. The van der Waals surface area contributed by atoms with Crippen LogP contribution >= 0.6 is 0 Å². The van der Waals surface area contributed by atoms with E-state index in [1.54, 1.807) is 4.90 Å². The van der Waals surface area contributed by atoms with E-state index in [0.717, 1.165) is 25.3 Å². The summed E-state index contributed by atoms with van der Waals surface area (Å²) in [6, 6.07) is 0.915. The minimum absolute atomic E-state index is 0.0151. The van der Waals surface area contributed by atoms with Gasteiger partial charge in [-0.3, -0.25) is 14.6 Å². The Labute approximate surface area is 109 Å². The topological polar surface area (TPSA) is 112 Å². The molecular weight excluding hydrogens is 248 g/mol. The van der Waals surface area contributed by atoms with Crippen LogP contribution in [0, 0.1) is 0 Å². The molecule has 1 aliphatic heterocycles. The van der Waals surface area contributed by atoms with Gasteiger partial charge < -0.3 is 15.6 Å². The van der Waals surface area contributed by atoms with Gasteiger partial charge in [0.1, 0.15) is 5.69 Å². The van der Waals surface area contributed by atoms with Crippen molar-refractivity contribution in [2.24, 2.45) is 5.73 Å². The van der Waals surface area contributed by atoms with E-state index >= 15 is 0 Å². The molecule has 19 heavy (non-hydrogen) atoms. The zero-order valence-electron chi connectivity index (χ0n) is 10.8. The largest absolute Gasteiger partial charge is 0.333 e. The van der Waals surface area contributed by atoms with Crippen molar-refractivity contribution in [3.63, 3.8) is 0 Å². The molecule has 0 radical (unpaired) electrons. The van der Waals surface area contributed by atoms with Crippen LogP contribution in [-0.2, 0) is 0 Å². The van der Waals surface area contributed by atoms with Gasteiger partial charge >= 0.3 is 5.69 Å². The van der Waals surface area contributed by atoms with E-state index in [9.17, 15) is 14.4 Å². The third-order valence-corrected chi connectivity index (χ3v) is 3.41. The van der Waals surface area contributed by atoms with Gasteiger partial charge in [-0.2, -0.15) is 0 Å². The Kier molecular flexibility index (Phi) is 3.84. The van der Waals surface area contributed by atoms with Crippen molar-refractivity contribution >= 4 is 5.91 Å². The van der Waals surface area contributed by atoms with Gasteiger partial charge in [0.05, 0.1) is 0 Å². The number of carbonyl (C=O) groups is 1. The van der Waals surface area contributed by atoms with Crippen molar-refractivity contribution < 1.29 is 4.79 Å². The fraction of sp³-hybridized carbons (Fsp3) is 0.583. The average Bonchev–Trinajstić information content (AvgIpc) is 2.36. The molecule has 2 heterocycles. The van der Waals surface area contributed by atoms with Crippen molar-refractivity contribution in [1.82, 2.24) is 14.9 Å². The van der Waals surface area contributed by atoms with Crippen molar-refractivity contribution in [2.75, 3.05) is 6.54 Å². The molecule has 4 N–H and O–H groups in total. The molecule has 1 aromatic heterocycles. The molecule has 0 bridgehead atoms. The number of carbonyl (C=O) groups excluding carboxylic acids is 1. The molecule has 0 saturated carbocycles. The van der Waals surface area contributed by atoms with Crippen molar-refractivity contribution in [3.05, 3.63) is 32.6 Å². The van der Waals surface area contributed by atoms with Crippen LogP contribution in [0.4, 0.5) is 0 Å². The summed E-state index contributed by atoms with van der Waals surface area (Å²) < 4.78 is 0. The number of likely N-dealkylation sites (tertiary alicyclic amines) is 1. The number of hydrogen-bond acceptors (Lipinski definition) is 4. The Morgan fingerprint density at radius 3 is 2.79 bits per heavy atom. The number of piperidine rings is 1. The minimum Gasteiger partial charge on any atom is -0.333 e. The molecule has 0 aromatic carbocycles. The molecule has 7 heteroatoms. The molecule has 104 valence electrons. The number of nitrogens with zero attached hydrogens (tertiary/aromatic N) is 1. The molecule has 1 aliphatic rings. The van der Waals surface area contributed by atoms with Gasteiger partial charge in [-0.05, 0) is 26.2 Å². The molecule has 0 spiro atoms. The summed E-state index contributed by atoms with van der Waals surface area (Å²) >= 11 is 0. The van der Waals surface area contributed by atoms with Crippen LogP contribution in [0.5, 0.6) is 0 Å². The lowest BCUT2D eigenvalue weighted by Gasteiger charge is -2.37. The van der Waals surface area contributed by atoms with Crippen LogP contribution in [0.3, 0.4) is 0 Å². The van der Waals surface area contributed by atoms with Gasteiger partial charge in [-0.1, -0.05) is 0 Å². The van der Waals surface area contributed by atoms with Crippen LogP contribution in [-0.4, -0.2) is 39.4 Å². The van der Waals surface area contributed by atoms with E-state index in [2.05, 4.69) is 4.98 Å². The zero-order valence-corrected chi connectivity index (χ0v) is 10.8. The first-order valence-corrected chi connectivity index (χ1v) is 6.39. The number of aromatic amines is 2. The number of nitrogens with one attached hydrogen (secondary N) is 2. The van der Waals surface area contributed by atoms with E-state index in [1.807, 2.05) is 11.9 Å². The first-order valence-electron chi connectivity index (χ1n) is 6.39. The number of rotatable bonds is 2. The van der Waals surface area contributed by atoms with E-state index in [-0.39, 0.29) is 23.7 Å². The maximum atomic E-state index is 12.4. The molecule has 1 amide bonds. The van der Waals surface area contributed by atoms with Crippen LogP contribution < -0.4 is 17.0 Å². The van der Waals surface area contributed by atoms with E-state index in [0.29, 0.717) is 6.54 Å². The van der Waals surface area contributed by atoms with Crippen LogP contribution in [0.25, 0.3) is 0 Å². The number of amides is 1. The summed E-state index contributed by atoms with van der Waals surface area (Å²) in [6.07, 6.45) is 2.78. The smallest absolute Gasteiger partial charge is 0.326 e. The number of nitrogens with two attached hydrogens (primary N) is 1. The predicted molar refractivity (Wildman–Crippen MR) is 70.0 cm³/mol. The van der Waals surface area contributed by atoms with E-state index in [4.69, 9.17) is 5.73 Å². The molecule has 1 fully saturated rings. The monoisotopic (exact) mass is 266 g/mol. The lowest BCUT2D eigenvalue weighted by molar-refractivity contribution is 0.0577. The average molecular weight is 266 g/mol. The molecule has 2 atom stereocenters. The van der Waals surface area contributed by atoms with Gasteiger partial charge in [0, 0.05) is 24.7 Å². The second kappa shape index (κ2) is 5.40. The van der Waals surface area contributed by atoms with Crippen LogP contribution in [0.1, 0.15) is 36.7 Å².